The fraction of sp³-hybridized carbons (Fsp3) is 0.571. The molecule has 2 fully saturated rings. The Morgan fingerprint density at radius 3 is 1.97 bits per heavy atom. The second-order valence-electron chi connectivity index (χ2n) is 9.62. The van der Waals surface area contributed by atoms with Crippen molar-refractivity contribution in [2.45, 2.75) is 102 Å². The molecule has 0 spiro atoms. The van der Waals surface area contributed by atoms with E-state index in [1.54, 1.807) is 5.30 Å². The maximum atomic E-state index is 6.31. The molecule has 0 N–H and O–H groups in total. The summed E-state index contributed by atoms with van der Waals surface area (Å²) in [6.07, 6.45) is 14.6. The lowest BCUT2D eigenvalue weighted by atomic mass is 9.99. The maximum absolute atomic E-state index is 6.31. The summed E-state index contributed by atoms with van der Waals surface area (Å²) >= 11 is 0. The van der Waals surface area contributed by atoms with Gasteiger partial charge in [0.2, 0.25) is 0 Å². The summed E-state index contributed by atoms with van der Waals surface area (Å²) in [4.78, 5) is 0. The third-order valence-electron chi connectivity index (χ3n) is 6.98. The Balaban J connectivity index is 1.81. The second-order valence-corrected chi connectivity index (χ2v) is 12.4. The molecule has 2 aliphatic rings. The Labute approximate surface area is 185 Å². The molecular weight excluding hydrogens is 383 g/mol. The van der Waals surface area contributed by atoms with Crippen LogP contribution >= 0.6 is 7.92 Å². The van der Waals surface area contributed by atoms with Crippen LogP contribution in [-0.4, -0.2) is 17.4 Å². The van der Waals surface area contributed by atoms with Crippen molar-refractivity contribution in [3.63, 3.8) is 0 Å². The molecule has 0 aromatic heterocycles. The van der Waals surface area contributed by atoms with Crippen LogP contribution in [0.3, 0.4) is 0 Å². The van der Waals surface area contributed by atoms with E-state index in [0.717, 1.165) is 17.1 Å². The summed E-state index contributed by atoms with van der Waals surface area (Å²) in [5.41, 5.74) is 5.95. The summed E-state index contributed by atoms with van der Waals surface area (Å²) in [5.74, 6) is 1.06. The number of rotatable bonds is 6. The van der Waals surface area contributed by atoms with Crippen LogP contribution in [0.25, 0.3) is 11.1 Å². The van der Waals surface area contributed by atoms with Gasteiger partial charge in [0.15, 0.2) is 0 Å². The molecule has 0 heterocycles. The van der Waals surface area contributed by atoms with Gasteiger partial charge in [-0.2, -0.15) is 0 Å². The van der Waals surface area contributed by atoms with Crippen molar-refractivity contribution in [2.75, 3.05) is 0 Å². The normalized spacial score (nSPS) is 18.8. The zero-order valence-electron chi connectivity index (χ0n) is 19.2. The quantitative estimate of drug-likeness (QED) is 0.426. The maximum Gasteiger partial charge on any atom is 0.127 e. The smallest absolute Gasteiger partial charge is 0.127 e. The minimum atomic E-state index is -0.137. The fourth-order valence-electron chi connectivity index (χ4n) is 5.66. The summed E-state index contributed by atoms with van der Waals surface area (Å²) in [5, 5.41) is 1.66. The Kier molecular flexibility index (Phi) is 7.53. The van der Waals surface area contributed by atoms with Crippen molar-refractivity contribution in [1.82, 2.24) is 0 Å². The fourth-order valence-corrected chi connectivity index (χ4v) is 9.61. The van der Waals surface area contributed by atoms with Crippen LogP contribution in [0.4, 0.5) is 0 Å². The summed E-state index contributed by atoms with van der Waals surface area (Å²) in [6.45, 7) is 6.52. The summed E-state index contributed by atoms with van der Waals surface area (Å²) in [6, 6.07) is 16.0. The number of ether oxygens (including phenoxy) is 1. The predicted molar refractivity (Wildman–Crippen MR) is 133 cm³/mol. The molecule has 2 aliphatic carbocycles. The predicted octanol–water partition coefficient (Wildman–Crippen LogP) is 8.22. The molecular formula is C28H39OP. The average Bonchev–Trinajstić information content (AvgIpc) is 2.76. The zero-order chi connectivity index (χ0) is 20.9. The zero-order valence-corrected chi connectivity index (χ0v) is 20.1. The van der Waals surface area contributed by atoms with Crippen LogP contribution in [0, 0.1) is 6.92 Å². The van der Waals surface area contributed by atoms with Crippen LogP contribution in [0.1, 0.15) is 83.6 Å². The van der Waals surface area contributed by atoms with Gasteiger partial charge in [-0.3, -0.25) is 0 Å². The van der Waals surface area contributed by atoms with Gasteiger partial charge in [0.25, 0.3) is 0 Å². The molecule has 2 saturated carbocycles. The van der Waals surface area contributed by atoms with Gasteiger partial charge >= 0.3 is 0 Å². The highest BCUT2D eigenvalue weighted by Gasteiger charge is 2.34. The summed E-state index contributed by atoms with van der Waals surface area (Å²) < 4.78 is 6.31. The third-order valence-corrected chi connectivity index (χ3v) is 10.5. The molecule has 0 amide bonds. The number of hydrogen-bond donors (Lipinski definition) is 0. The van der Waals surface area contributed by atoms with E-state index in [0.29, 0.717) is 0 Å². The molecule has 0 radical (unpaired) electrons. The van der Waals surface area contributed by atoms with Crippen molar-refractivity contribution < 1.29 is 4.74 Å². The molecule has 4 rings (SSSR count). The van der Waals surface area contributed by atoms with Crippen LogP contribution in [0.15, 0.2) is 42.5 Å². The van der Waals surface area contributed by atoms with Gasteiger partial charge in [-0.25, -0.2) is 0 Å². The van der Waals surface area contributed by atoms with E-state index in [1.807, 2.05) is 0 Å². The van der Waals surface area contributed by atoms with E-state index >= 15 is 0 Å². The first-order valence-electron chi connectivity index (χ1n) is 12.3. The molecule has 162 valence electrons. The van der Waals surface area contributed by atoms with Gasteiger partial charge in [0.1, 0.15) is 5.75 Å². The minimum absolute atomic E-state index is 0.137. The Hall–Kier alpha value is -1.33. The molecule has 1 nitrogen and oxygen atoms in total. The Bertz CT molecular complexity index is 797. The monoisotopic (exact) mass is 422 g/mol. The molecule has 30 heavy (non-hydrogen) atoms. The topological polar surface area (TPSA) is 9.23 Å². The van der Waals surface area contributed by atoms with Gasteiger partial charge in [-0.05, 0) is 80.3 Å². The molecule has 2 heteroatoms. The van der Waals surface area contributed by atoms with E-state index in [9.17, 15) is 0 Å². The highest BCUT2D eigenvalue weighted by Crippen LogP contribution is 2.56. The van der Waals surface area contributed by atoms with Gasteiger partial charge in [0, 0.05) is 5.56 Å². The van der Waals surface area contributed by atoms with Gasteiger partial charge in [0.05, 0.1) is 6.10 Å². The second kappa shape index (κ2) is 10.3. The highest BCUT2D eigenvalue weighted by atomic mass is 31.1. The van der Waals surface area contributed by atoms with Crippen molar-refractivity contribution >= 4 is 13.2 Å². The molecule has 2 aromatic carbocycles. The minimum Gasteiger partial charge on any atom is -0.490 e. The lowest BCUT2D eigenvalue weighted by Gasteiger charge is -2.39. The van der Waals surface area contributed by atoms with Gasteiger partial charge in [-0.15, -0.1) is 0 Å². The Morgan fingerprint density at radius 2 is 1.37 bits per heavy atom. The number of aryl methyl sites for hydroxylation is 1. The van der Waals surface area contributed by atoms with E-state index in [-0.39, 0.29) is 14.0 Å². The van der Waals surface area contributed by atoms with Crippen LogP contribution < -0.4 is 10.0 Å². The van der Waals surface area contributed by atoms with Crippen molar-refractivity contribution in [1.29, 1.82) is 0 Å². The first-order chi connectivity index (χ1) is 14.6. The SMILES string of the molecule is Cc1cccc(OC(C)C)c1-c1ccccc1P(C1CCCCC1)C1CCCCC1. The highest BCUT2D eigenvalue weighted by molar-refractivity contribution is 7.67. The lowest BCUT2D eigenvalue weighted by Crippen LogP contribution is -2.27. The summed E-state index contributed by atoms with van der Waals surface area (Å²) in [7, 11) is -0.137. The van der Waals surface area contributed by atoms with Crippen LogP contribution in [0.5, 0.6) is 5.75 Å². The molecule has 0 unspecified atom stereocenters. The van der Waals surface area contributed by atoms with E-state index in [1.165, 1.54) is 80.9 Å². The van der Waals surface area contributed by atoms with Crippen LogP contribution in [0.2, 0.25) is 0 Å². The largest absolute Gasteiger partial charge is 0.490 e. The van der Waals surface area contributed by atoms with E-state index in [2.05, 4.69) is 63.2 Å². The Morgan fingerprint density at radius 1 is 0.767 bits per heavy atom. The third kappa shape index (κ3) is 4.94. The van der Waals surface area contributed by atoms with E-state index < -0.39 is 0 Å². The average molecular weight is 423 g/mol. The lowest BCUT2D eigenvalue weighted by molar-refractivity contribution is 0.243. The first-order valence-corrected chi connectivity index (χ1v) is 13.8. The van der Waals surface area contributed by atoms with E-state index in [4.69, 9.17) is 4.74 Å². The first kappa shape index (κ1) is 21.9. The molecule has 0 atom stereocenters. The van der Waals surface area contributed by atoms with Crippen LogP contribution in [-0.2, 0) is 0 Å². The molecule has 0 saturated heterocycles. The molecule has 0 bridgehead atoms. The van der Waals surface area contributed by atoms with Gasteiger partial charge < -0.3 is 4.74 Å². The standard InChI is InChI=1S/C28H39OP/c1-21(2)29-26-19-12-13-22(3)28(26)25-18-10-11-20-27(25)30(23-14-6-4-7-15-23)24-16-8-5-9-17-24/h10-13,18-21,23-24H,4-9,14-17H2,1-3H3. The van der Waals surface area contributed by atoms with Crippen molar-refractivity contribution in [2.24, 2.45) is 0 Å². The molecule has 0 aliphatic heterocycles. The van der Waals surface area contributed by atoms with Crippen molar-refractivity contribution in [3.8, 4) is 16.9 Å². The van der Waals surface area contributed by atoms with Gasteiger partial charge in [-0.1, -0.05) is 82.8 Å². The number of hydrogen-bond acceptors (Lipinski definition) is 1. The number of benzene rings is 2. The van der Waals surface area contributed by atoms with Crippen molar-refractivity contribution in [3.05, 3.63) is 48.0 Å². The molecule has 2 aromatic rings.